The van der Waals surface area contributed by atoms with E-state index in [1.54, 1.807) is 13.0 Å². The highest BCUT2D eigenvalue weighted by Crippen LogP contribution is 2.30. The molecule has 0 bridgehead atoms. The number of anilines is 1. The molecule has 0 aliphatic carbocycles. The molecule has 2 heterocycles. The molecule has 0 saturated carbocycles. The van der Waals surface area contributed by atoms with E-state index < -0.39 is 0 Å². The molecule has 2 atom stereocenters. The number of aromatic nitrogens is 2. The highest BCUT2D eigenvalue weighted by atomic mass is 16.5. The molecule has 0 spiro atoms. The minimum absolute atomic E-state index is 0.0313. The summed E-state index contributed by atoms with van der Waals surface area (Å²) < 4.78 is 11.2. The third-order valence-corrected chi connectivity index (χ3v) is 6.44. The molecule has 1 amide bonds. The zero-order valence-electron chi connectivity index (χ0n) is 21.3. The lowest BCUT2D eigenvalue weighted by atomic mass is 10.00. The van der Waals surface area contributed by atoms with E-state index in [9.17, 15) is 9.90 Å². The molecule has 1 unspecified atom stereocenters. The third-order valence-electron chi connectivity index (χ3n) is 6.44. The van der Waals surface area contributed by atoms with Crippen LogP contribution in [0, 0.1) is 0 Å². The van der Waals surface area contributed by atoms with Gasteiger partial charge in [0.1, 0.15) is 5.75 Å². The van der Waals surface area contributed by atoms with Gasteiger partial charge in [-0.25, -0.2) is 0 Å². The average Bonchev–Trinajstić information content (AvgIpc) is 3.25. The number of carbonyl (C=O) groups is 1. The Morgan fingerprint density at radius 2 is 1.83 bits per heavy atom. The van der Waals surface area contributed by atoms with Crippen LogP contribution in [0.4, 0.5) is 5.69 Å². The molecular formula is C27H35N5O4. The number of hydrogen-bond acceptors (Lipinski definition) is 8. The number of benzene rings is 2. The van der Waals surface area contributed by atoms with Gasteiger partial charge in [0.15, 0.2) is 0 Å². The number of fused-ring (bicyclic) bond motifs is 1. The summed E-state index contributed by atoms with van der Waals surface area (Å²) >= 11 is 0. The van der Waals surface area contributed by atoms with Crippen molar-refractivity contribution in [3.63, 3.8) is 0 Å². The molecule has 4 N–H and O–H groups in total. The number of nitrogens with zero attached hydrogens (tertiary/aromatic N) is 3. The van der Waals surface area contributed by atoms with Crippen LogP contribution >= 0.6 is 0 Å². The number of carbonyl (C=O) groups excluding carboxylic acids is 1. The summed E-state index contributed by atoms with van der Waals surface area (Å²) in [5.41, 5.74) is 10.8. The highest BCUT2D eigenvalue weighted by Gasteiger charge is 2.25. The molecule has 0 saturated heterocycles. The summed E-state index contributed by atoms with van der Waals surface area (Å²) in [5, 5.41) is 16.3. The lowest BCUT2D eigenvalue weighted by Crippen LogP contribution is -2.49. The van der Waals surface area contributed by atoms with Crippen LogP contribution in [0.5, 0.6) is 5.75 Å². The van der Waals surface area contributed by atoms with Crippen molar-refractivity contribution in [2.24, 2.45) is 0 Å². The van der Waals surface area contributed by atoms with Crippen molar-refractivity contribution in [3.8, 4) is 28.6 Å². The number of aliphatic hydroxyl groups excluding tert-OH is 1. The Hall–Kier alpha value is -3.43. The largest absolute Gasteiger partial charge is 0.489 e. The quantitative estimate of drug-likeness (QED) is 0.409. The van der Waals surface area contributed by atoms with Gasteiger partial charge in [0, 0.05) is 30.3 Å². The number of nitrogens with two attached hydrogens (primary N) is 1. The predicted octanol–water partition coefficient (Wildman–Crippen LogP) is 3.06. The first kappa shape index (κ1) is 25.7. The van der Waals surface area contributed by atoms with Gasteiger partial charge in [-0.1, -0.05) is 17.3 Å². The van der Waals surface area contributed by atoms with Gasteiger partial charge in [-0.15, -0.1) is 0 Å². The Kier molecular flexibility index (Phi) is 7.91. The van der Waals surface area contributed by atoms with Gasteiger partial charge in [0.2, 0.25) is 11.7 Å². The molecule has 9 nitrogen and oxygen atoms in total. The summed E-state index contributed by atoms with van der Waals surface area (Å²) in [6.07, 6.45) is 1.70. The molecular weight excluding hydrogens is 458 g/mol. The number of nitrogens with one attached hydrogen (secondary N) is 1. The second kappa shape index (κ2) is 11.1. The Bertz CT molecular complexity index is 1210. The fraction of sp³-hybridized carbons (Fsp3) is 0.444. The van der Waals surface area contributed by atoms with Gasteiger partial charge in [-0.05, 0) is 75.9 Å². The Labute approximate surface area is 211 Å². The molecule has 3 aromatic rings. The van der Waals surface area contributed by atoms with Crippen LogP contribution in [0.2, 0.25) is 0 Å². The summed E-state index contributed by atoms with van der Waals surface area (Å²) in [4.78, 5) is 19.3. The maximum Gasteiger partial charge on any atom is 0.258 e. The van der Waals surface area contributed by atoms with Crippen LogP contribution in [-0.2, 0) is 17.6 Å². The first-order valence-corrected chi connectivity index (χ1v) is 12.4. The van der Waals surface area contributed by atoms with Gasteiger partial charge in [0.05, 0.1) is 24.4 Å². The van der Waals surface area contributed by atoms with Crippen molar-refractivity contribution in [1.29, 1.82) is 0 Å². The van der Waals surface area contributed by atoms with E-state index in [1.807, 2.05) is 39.0 Å². The fourth-order valence-corrected chi connectivity index (χ4v) is 4.34. The van der Waals surface area contributed by atoms with E-state index in [1.165, 1.54) is 11.1 Å². The van der Waals surface area contributed by atoms with E-state index in [0.29, 0.717) is 23.2 Å². The van der Waals surface area contributed by atoms with Crippen molar-refractivity contribution >= 4 is 11.6 Å². The Balaban J connectivity index is 1.47. The summed E-state index contributed by atoms with van der Waals surface area (Å²) in [7, 11) is 0. The van der Waals surface area contributed by atoms with E-state index in [0.717, 1.165) is 37.1 Å². The van der Waals surface area contributed by atoms with Crippen molar-refractivity contribution in [2.45, 2.75) is 58.7 Å². The van der Waals surface area contributed by atoms with E-state index in [4.69, 9.17) is 15.0 Å². The topological polar surface area (TPSA) is 127 Å². The molecule has 192 valence electrons. The smallest absolute Gasteiger partial charge is 0.258 e. The normalized spacial score (nSPS) is 15.7. The Morgan fingerprint density at radius 1 is 1.11 bits per heavy atom. The minimum Gasteiger partial charge on any atom is -0.489 e. The van der Waals surface area contributed by atoms with E-state index >= 15 is 0 Å². The lowest BCUT2D eigenvalue weighted by Gasteiger charge is -2.27. The molecule has 0 fully saturated rings. The zero-order valence-corrected chi connectivity index (χ0v) is 21.3. The number of ether oxygens (including phenoxy) is 1. The molecule has 4 rings (SSSR count). The predicted molar refractivity (Wildman–Crippen MR) is 138 cm³/mol. The maximum absolute atomic E-state index is 12.5. The Morgan fingerprint density at radius 3 is 2.53 bits per heavy atom. The fourth-order valence-electron chi connectivity index (χ4n) is 4.34. The number of rotatable bonds is 8. The van der Waals surface area contributed by atoms with Crippen LogP contribution in [0.15, 0.2) is 40.9 Å². The number of aliphatic hydroxyl groups is 1. The monoisotopic (exact) mass is 493 g/mol. The molecule has 1 aromatic heterocycles. The van der Waals surface area contributed by atoms with Gasteiger partial charge < -0.3 is 25.4 Å². The van der Waals surface area contributed by atoms with Crippen LogP contribution in [0.25, 0.3) is 22.8 Å². The zero-order chi connectivity index (χ0) is 25.8. The molecule has 36 heavy (non-hydrogen) atoms. The van der Waals surface area contributed by atoms with Crippen molar-refractivity contribution in [3.05, 3.63) is 47.5 Å². The van der Waals surface area contributed by atoms with E-state index in [-0.39, 0.29) is 30.7 Å². The average molecular weight is 494 g/mol. The maximum atomic E-state index is 12.5. The van der Waals surface area contributed by atoms with E-state index in [2.05, 4.69) is 32.5 Å². The lowest BCUT2D eigenvalue weighted by molar-refractivity contribution is -0.126. The number of nitrogen functional groups attached to an aromatic ring is 1. The summed E-state index contributed by atoms with van der Waals surface area (Å²) in [6.45, 7) is 9.09. The van der Waals surface area contributed by atoms with Crippen LogP contribution in [0.1, 0.15) is 38.8 Å². The van der Waals surface area contributed by atoms with Crippen LogP contribution in [0.3, 0.4) is 0 Å². The summed E-state index contributed by atoms with van der Waals surface area (Å²) in [5.74, 6) is 1.47. The molecule has 1 aliphatic rings. The van der Waals surface area contributed by atoms with Crippen LogP contribution in [-0.4, -0.2) is 63.9 Å². The summed E-state index contributed by atoms with van der Waals surface area (Å²) in [6, 6.07) is 11.2. The highest BCUT2D eigenvalue weighted by molar-refractivity contribution is 5.81. The van der Waals surface area contributed by atoms with Gasteiger partial charge in [-0.2, -0.15) is 4.98 Å². The van der Waals surface area contributed by atoms with Crippen LogP contribution < -0.4 is 15.8 Å². The SMILES string of the molecule is CC(C)Oc1ccc(-c2nc(-c3ccc4c(c3)CCN(C(C)C(=O)N[C@H](C)CO)CC4)no2)cc1N. The molecule has 1 aliphatic heterocycles. The molecule has 2 aromatic carbocycles. The minimum atomic E-state index is -0.266. The van der Waals surface area contributed by atoms with Gasteiger partial charge >= 0.3 is 0 Å². The second-order valence-corrected chi connectivity index (χ2v) is 9.63. The first-order chi connectivity index (χ1) is 17.2. The first-order valence-electron chi connectivity index (χ1n) is 12.4. The standard InChI is InChI=1S/C27H35N5O4/c1-16(2)35-24-8-7-22(14-23(24)28)27-30-25(31-36-27)21-6-5-19-9-11-32(12-10-20(19)13-21)18(4)26(34)29-17(3)15-33/h5-8,13-14,16-18,33H,9-12,15,28H2,1-4H3,(H,29,34)/t17-,18?/m1/s1. The van der Waals surface area contributed by atoms with Crippen molar-refractivity contribution in [2.75, 3.05) is 25.4 Å². The molecule has 9 heteroatoms. The molecule has 0 radical (unpaired) electrons. The van der Waals surface area contributed by atoms with Crippen molar-refractivity contribution < 1.29 is 19.2 Å². The second-order valence-electron chi connectivity index (χ2n) is 9.63. The number of amides is 1. The van der Waals surface area contributed by atoms with Crippen molar-refractivity contribution in [1.82, 2.24) is 20.4 Å². The van der Waals surface area contributed by atoms with Gasteiger partial charge in [0.25, 0.3) is 5.89 Å². The third kappa shape index (κ3) is 5.85. The number of hydrogen-bond donors (Lipinski definition) is 3. The van der Waals surface area contributed by atoms with Gasteiger partial charge in [-0.3, -0.25) is 9.69 Å².